The molecule has 0 saturated heterocycles. The largest absolute Gasteiger partial charge is 0.465 e. The number of carbonyl (C=O) groups excluding carboxylic acids is 2. The highest BCUT2D eigenvalue weighted by molar-refractivity contribution is 8.00. The Hall–Kier alpha value is -2.46. The summed E-state index contributed by atoms with van der Waals surface area (Å²) in [6, 6.07) is 0. The number of aromatic nitrogens is 4. The average molecular weight is 432 g/mol. The molecule has 0 radical (unpaired) electrons. The highest BCUT2D eigenvalue weighted by atomic mass is 32.2. The first-order valence-electron chi connectivity index (χ1n) is 9.32. The van der Waals surface area contributed by atoms with E-state index in [0.29, 0.717) is 32.7 Å². The Bertz CT molecular complexity index is 1080. The van der Waals surface area contributed by atoms with Gasteiger partial charge in [0, 0.05) is 4.88 Å². The third kappa shape index (κ3) is 3.86. The van der Waals surface area contributed by atoms with Crippen LogP contribution in [0, 0.1) is 5.92 Å². The Kier molecular flexibility index (Phi) is 5.55. The molecule has 0 unspecified atom stereocenters. The fraction of sp³-hybridized carbons (Fsp3) is 0.421. The van der Waals surface area contributed by atoms with Crippen LogP contribution in [-0.4, -0.2) is 44.2 Å². The monoisotopic (exact) mass is 431 g/mol. The lowest BCUT2D eigenvalue weighted by atomic mass is 9.88. The number of H-pyrrole nitrogens is 1. The minimum atomic E-state index is -0.431. The Balaban J connectivity index is 1.56. The molecule has 1 aliphatic carbocycles. The number of esters is 1. The van der Waals surface area contributed by atoms with Crippen LogP contribution >= 0.6 is 23.1 Å². The number of thiophene rings is 1. The molecule has 2 atom stereocenters. The van der Waals surface area contributed by atoms with Crippen molar-refractivity contribution in [2.75, 3.05) is 12.4 Å². The number of fused-ring (bicyclic) bond motifs is 2. The Labute approximate surface area is 175 Å². The summed E-state index contributed by atoms with van der Waals surface area (Å²) in [4.78, 5) is 41.9. The molecule has 0 saturated carbocycles. The molecular formula is C19H21N5O3S2. The number of anilines is 1. The van der Waals surface area contributed by atoms with Gasteiger partial charge in [0.2, 0.25) is 5.91 Å². The summed E-state index contributed by atoms with van der Waals surface area (Å²) in [5, 5.41) is 3.75. The fourth-order valence-corrected chi connectivity index (χ4v) is 5.70. The first-order valence-corrected chi connectivity index (χ1v) is 11.0. The molecule has 29 heavy (non-hydrogen) atoms. The van der Waals surface area contributed by atoms with E-state index in [1.54, 1.807) is 13.3 Å². The highest BCUT2D eigenvalue weighted by Crippen LogP contribution is 2.40. The van der Waals surface area contributed by atoms with Crippen molar-refractivity contribution in [1.29, 1.82) is 0 Å². The molecule has 3 aromatic heterocycles. The summed E-state index contributed by atoms with van der Waals surface area (Å²) in [7, 11) is 1.37. The van der Waals surface area contributed by atoms with E-state index >= 15 is 0 Å². The minimum absolute atomic E-state index is 0.196. The van der Waals surface area contributed by atoms with Crippen LogP contribution in [0.2, 0.25) is 0 Å². The van der Waals surface area contributed by atoms with Crippen molar-refractivity contribution in [2.45, 2.75) is 43.4 Å². The normalized spacial score (nSPS) is 17.0. The van der Waals surface area contributed by atoms with Crippen LogP contribution in [0.15, 0.2) is 17.7 Å². The molecule has 10 heteroatoms. The van der Waals surface area contributed by atoms with Gasteiger partial charge in [-0.3, -0.25) is 4.79 Å². The Morgan fingerprint density at radius 1 is 1.38 bits per heavy atom. The van der Waals surface area contributed by atoms with Crippen LogP contribution in [0.3, 0.4) is 0 Å². The number of hydrogen-bond acceptors (Lipinski definition) is 8. The van der Waals surface area contributed by atoms with E-state index < -0.39 is 11.2 Å². The molecular weight excluding hydrogens is 410 g/mol. The number of aromatic amines is 1. The molecule has 0 fully saturated rings. The molecule has 2 N–H and O–H groups in total. The molecule has 3 aromatic rings. The molecule has 0 aliphatic heterocycles. The number of hydrogen-bond donors (Lipinski definition) is 2. The summed E-state index contributed by atoms with van der Waals surface area (Å²) in [6.07, 6.45) is 5.76. The van der Waals surface area contributed by atoms with E-state index in [4.69, 9.17) is 4.74 Å². The minimum Gasteiger partial charge on any atom is -0.465 e. The maximum atomic E-state index is 12.9. The number of methoxy groups -OCH3 is 1. The molecule has 0 aromatic carbocycles. The summed E-state index contributed by atoms with van der Waals surface area (Å²) in [5.41, 5.74) is 2.78. The van der Waals surface area contributed by atoms with E-state index in [1.165, 1.54) is 36.5 Å². The van der Waals surface area contributed by atoms with Crippen LogP contribution in [0.25, 0.3) is 11.2 Å². The fourth-order valence-electron chi connectivity index (χ4n) is 3.42. The first-order chi connectivity index (χ1) is 14.0. The number of amides is 1. The quantitative estimate of drug-likeness (QED) is 0.362. The van der Waals surface area contributed by atoms with Crippen molar-refractivity contribution in [2.24, 2.45) is 5.92 Å². The number of nitrogens with zero attached hydrogens (tertiary/aromatic N) is 3. The second kappa shape index (κ2) is 8.11. The smallest absolute Gasteiger partial charge is 0.341 e. The van der Waals surface area contributed by atoms with Crippen LogP contribution in [0.1, 0.15) is 41.1 Å². The number of carbonyl (C=O) groups is 2. The Morgan fingerprint density at radius 2 is 2.21 bits per heavy atom. The lowest BCUT2D eigenvalue weighted by Gasteiger charge is -2.18. The van der Waals surface area contributed by atoms with Crippen molar-refractivity contribution in [3.8, 4) is 0 Å². The van der Waals surface area contributed by atoms with Crippen LogP contribution < -0.4 is 5.32 Å². The van der Waals surface area contributed by atoms with E-state index in [1.807, 2.05) is 0 Å². The van der Waals surface area contributed by atoms with Crippen molar-refractivity contribution < 1.29 is 14.3 Å². The predicted octanol–water partition coefficient (Wildman–Crippen LogP) is 3.45. The van der Waals surface area contributed by atoms with Gasteiger partial charge < -0.3 is 15.0 Å². The van der Waals surface area contributed by atoms with E-state index in [2.05, 4.69) is 32.2 Å². The van der Waals surface area contributed by atoms with Gasteiger partial charge in [-0.1, -0.05) is 18.7 Å². The number of thioether (sulfide) groups is 1. The molecule has 0 bridgehead atoms. The van der Waals surface area contributed by atoms with Crippen molar-refractivity contribution >= 4 is 51.1 Å². The molecule has 8 nitrogen and oxygen atoms in total. The van der Waals surface area contributed by atoms with Gasteiger partial charge in [0.05, 0.1) is 24.3 Å². The Morgan fingerprint density at radius 3 is 3.00 bits per heavy atom. The van der Waals surface area contributed by atoms with E-state index in [-0.39, 0.29) is 5.91 Å². The summed E-state index contributed by atoms with van der Waals surface area (Å²) < 4.78 is 4.99. The number of imidazole rings is 1. The van der Waals surface area contributed by atoms with Gasteiger partial charge in [0.25, 0.3) is 0 Å². The van der Waals surface area contributed by atoms with E-state index in [0.717, 1.165) is 29.7 Å². The molecule has 4 rings (SSSR count). The number of rotatable bonds is 5. The number of nitrogens with one attached hydrogen (secondary N) is 2. The third-order valence-electron chi connectivity index (χ3n) is 4.98. The predicted molar refractivity (Wildman–Crippen MR) is 112 cm³/mol. The standard InChI is InChI=1S/C19H21N5O3S2/c1-9-4-5-11-12(6-9)29-17(13(11)19(26)27-3)24-16(25)10(2)28-18-14-15(21-7-20-14)22-8-23-18/h7-10H,4-6H2,1-3H3,(H,24,25)(H,20,21,22,23)/t9-,10+/m1/s1. The molecule has 0 spiro atoms. The van der Waals surface area contributed by atoms with Gasteiger partial charge >= 0.3 is 5.97 Å². The maximum absolute atomic E-state index is 12.9. The first kappa shape index (κ1) is 19.8. The van der Waals surface area contributed by atoms with Gasteiger partial charge in [0.1, 0.15) is 21.9 Å². The molecule has 3 heterocycles. The zero-order valence-electron chi connectivity index (χ0n) is 16.3. The SMILES string of the molecule is COC(=O)c1c(NC(=O)[C@H](C)Sc2ncnc3nc[nH]c23)sc2c1CC[C@@H](C)C2. The van der Waals surface area contributed by atoms with Crippen molar-refractivity contribution in [3.63, 3.8) is 0 Å². The zero-order valence-corrected chi connectivity index (χ0v) is 17.9. The molecule has 1 amide bonds. The van der Waals surface area contributed by atoms with Gasteiger partial charge in [0.15, 0.2) is 5.65 Å². The third-order valence-corrected chi connectivity index (χ3v) is 7.25. The second-order valence-electron chi connectivity index (χ2n) is 7.08. The molecule has 152 valence electrons. The van der Waals surface area contributed by atoms with E-state index in [9.17, 15) is 9.59 Å². The second-order valence-corrected chi connectivity index (χ2v) is 9.51. The van der Waals surface area contributed by atoms with Gasteiger partial charge in [-0.2, -0.15) is 0 Å². The lowest BCUT2D eigenvalue weighted by Crippen LogP contribution is -2.23. The maximum Gasteiger partial charge on any atom is 0.341 e. The summed E-state index contributed by atoms with van der Waals surface area (Å²) in [6.45, 7) is 4.01. The van der Waals surface area contributed by atoms with Crippen LogP contribution in [-0.2, 0) is 22.4 Å². The highest BCUT2D eigenvalue weighted by Gasteiger charge is 2.30. The summed E-state index contributed by atoms with van der Waals surface area (Å²) >= 11 is 2.80. The van der Waals surface area contributed by atoms with Crippen LogP contribution in [0.5, 0.6) is 0 Å². The topological polar surface area (TPSA) is 110 Å². The van der Waals surface area contributed by atoms with Crippen LogP contribution in [0.4, 0.5) is 5.00 Å². The van der Waals surface area contributed by atoms with Crippen molar-refractivity contribution in [3.05, 3.63) is 28.7 Å². The lowest BCUT2D eigenvalue weighted by molar-refractivity contribution is -0.115. The van der Waals surface area contributed by atoms with Crippen molar-refractivity contribution in [1.82, 2.24) is 19.9 Å². The molecule has 1 aliphatic rings. The summed E-state index contributed by atoms with van der Waals surface area (Å²) in [5.74, 6) is -0.0278. The zero-order chi connectivity index (χ0) is 20.5. The average Bonchev–Trinajstić information content (AvgIpc) is 3.31. The van der Waals surface area contributed by atoms with Gasteiger partial charge in [-0.25, -0.2) is 19.7 Å². The van der Waals surface area contributed by atoms with Gasteiger partial charge in [-0.15, -0.1) is 11.3 Å². The number of ether oxygens (including phenoxy) is 1. The van der Waals surface area contributed by atoms with Gasteiger partial charge in [-0.05, 0) is 37.7 Å².